The molecule has 1 unspecified atom stereocenters. The lowest BCUT2D eigenvalue weighted by Gasteiger charge is -2.35. The van der Waals surface area contributed by atoms with Gasteiger partial charge in [0.15, 0.2) is 0 Å². The standard InChI is InChI=1S/C26H36N4O3S/c1-26(2,3)33-25(32)28(4)16-19-6-5-13-30(17-19)24(31)27-21-7-9-22(10-8-21)29-14-11-23-20(18-29)12-15-34-23/h7-10,12,15,19H,5-6,11,13-14,16-18H2,1-4H3,(H,27,31). The predicted molar refractivity (Wildman–Crippen MR) is 138 cm³/mol. The summed E-state index contributed by atoms with van der Waals surface area (Å²) in [5.74, 6) is 0.237. The predicted octanol–water partition coefficient (Wildman–Crippen LogP) is 5.42. The number of piperidine rings is 1. The van der Waals surface area contributed by atoms with Gasteiger partial charge in [-0.2, -0.15) is 0 Å². The fourth-order valence-electron chi connectivity index (χ4n) is 4.63. The lowest BCUT2D eigenvalue weighted by molar-refractivity contribution is 0.0253. The van der Waals surface area contributed by atoms with E-state index in [0.29, 0.717) is 13.1 Å². The summed E-state index contributed by atoms with van der Waals surface area (Å²) in [5.41, 5.74) is 2.89. The maximum Gasteiger partial charge on any atom is 0.410 e. The van der Waals surface area contributed by atoms with Crippen LogP contribution in [-0.4, -0.2) is 60.8 Å². The summed E-state index contributed by atoms with van der Waals surface area (Å²) in [4.78, 5) is 32.6. The Balaban J connectivity index is 1.28. The van der Waals surface area contributed by atoms with Crippen LogP contribution in [-0.2, 0) is 17.7 Å². The summed E-state index contributed by atoms with van der Waals surface area (Å²) in [6, 6.07) is 10.3. The molecule has 3 amide bonds. The van der Waals surface area contributed by atoms with E-state index in [1.807, 2.05) is 49.1 Å². The highest BCUT2D eigenvalue weighted by Crippen LogP contribution is 2.28. The molecule has 1 aromatic heterocycles. The second-order valence-electron chi connectivity index (χ2n) is 10.3. The van der Waals surface area contributed by atoms with E-state index in [1.165, 1.54) is 16.1 Å². The first-order valence-electron chi connectivity index (χ1n) is 12.1. The highest BCUT2D eigenvalue weighted by atomic mass is 32.1. The summed E-state index contributed by atoms with van der Waals surface area (Å²) in [7, 11) is 1.76. The van der Waals surface area contributed by atoms with E-state index in [2.05, 4.69) is 33.8 Å². The van der Waals surface area contributed by atoms with E-state index in [-0.39, 0.29) is 18.0 Å². The number of carbonyl (C=O) groups is 2. The molecule has 1 N–H and O–H groups in total. The molecule has 0 spiro atoms. The number of rotatable bonds is 4. The molecule has 4 rings (SSSR count). The molecule has 0 aliphatic carbocycles. The van der Waals surface area contributed by atoms with Crippen molar-refractivity contribution in [2.75, 3.05) is 43.4 Å². The van der Waals surface area contributed by atoms with Crippen LogP contribution in [0.15, 0.2) is 35.7 Å². The number of ether oxygens (including phenoxy) is 1. The van der Waals surface area contributed by atoms with Crippen LogP contribution in [0.4, 0.5) is 21.0 Å². The van der Waals surface area contributed by atoms with Crippen LogP contribution < -0.4 is 10.2 Å². The van der Waals surface area contributed by atoms with Crippen molar-refractivity contribution in [3.63, 3.8) is 0 Å². The molecule has 184 valence electrons. The molecule has 1 atom stereocenters. The topological polar surface area (TPSA) is 65.1 Å². The number of carbonyl (C=O) groups excluding carboxylic acids is 2. The molecular weight excluding hydrogens is 448 g/mol. The number of urea groups is 1. The number of anilines is 2. The Hall–Kier alpha value is -2.74. The van der Waals surface area contributed by atoms with Gasteiger partial charge in [0.2, 0.25) is 0 Å². The van der Waals surface area contributed by atoms with Crippen LogP contribution >= 0.6 is 11.3 Å². The third kappa shape index (κ3) is 6.23. The van der Waals surface area contributed by atoms with Crippen LogP contribution in [0.5, 0.6) is 0 Å². The first-order chi connectivity index (χ1) is 16.2. The van der Waals surface area contributed by atoms with E-state index in [9.17, 15) is 9.59 Å². The summed E-state index contributed by atoms with van der Waals surface area (Å²) in [6.45, 7) is 9.50. The largest absolute Gasteiger partial charge is 0.444 e. The Morgan fingerprint density at radius 2 is 1.94 bits per heavy atom. The van der Waals surface area contributed by atoms with Crippen LogP contribution in [0, 0.1) is 5.92 Å². The molecule has 34 heavy (non-hydrogen) atoms. The zero-order valence-corrected chi connectivity index (χ0v) is 21.5. The van der Waals surface area contributed by atoms with E-state index in [4.69, 9.17) is 4.74 Å². The number of hydrogen-bond acceptors (Lipinski definition) is 5. The molecule has 7 nitrogen and oxygen atoms in total. The van der Waals surface area contributed by atoms with Gasteiger partial charge in [0.1, 0.15) is 5.60 Å². The normalized spacial score (nSPS) is 18.3. The van der Waals surface area contributed by atoms with Crippen molar-refractivity contribution in [2.45, 2.75) is 52.2 Å². The van der Waals surface area contributed by atoms with Crippen LogP contribution in [0.3, 0.4) is 0 Å². The highest BCUT2D eigenvalue weighted by Gasteiger charge is 2.27. The maximum atomic E-state index is 12.9. The molecular formula is C26H36N4O3S. The summed E-state index contributed by atoms with van der Waals surface area (Å²) in [5, 5.41) is 5.22. The van der Waals surface area contributed by atoms with Gasteiger partial charge < -0.3 is 24.8 Å². The molecule has 0 radical (unpaired) electrons. The van der Waals surface area contributed by atoms with Gasteiger partial charge in [-0.1, -0.05) is 0 Å². The first kappa shape index (κ1) is 24.4. The third-order valence-corrected chi connectivity index (χ3v) is 7.36. The number of benzene rings is 1. The number of amides is 3. The fourth-order valence-corrected chi connectivity index (χ4v) is 5.52. The second-order valence-corrected chi connectivity index (χ2v) is 11.3. The number of fused-ring (bicyclic) bond motifs is 1. The fraction of sp³-hybridized carbons (Fsp3) is 0.538. The Kier molecular flexibility index (Phi) is 7.36. The Morgan fingerprint density at radius 3 is 2.68 bits per heavy atom. The van der Waals surface area contributed by atoms with Crippen LogP contribution in [0.25, 0.3) is 0 Å². The van der Waals surface area contributed by atoms with E-state index in [1.54, 1.807) is 11.9 Å². The van der Waals surface area contributed by atoms with Crippen molar-refractivity contribution in [3.8, 4) is 0 Å². The molecule has 3 heterocycles. The second kappa shape index (κ2) is 10.3. The van der Waals surface area contributed by atoms with Crippen molar-refractivity contribution in [3.05, 3.63) is 46.2 Å². The van der Waals surface area contributed by atoms with Gasteiger partial charge >= 0.3 is 12.1 Å². The molecule has 1 aromatic carbocycles. The number of likely N-dealkylation sites (tertiary alicyclic amines) is 1. The lowest BCUT2D eigenvalue weighted by atomic mass is 9.98. The zero-order chi connectivity index (χ0) is 24.3. The number of nitrogens with zero attached hydrogens (tertiary/aromatic N) is 3. The average Bonchev–Trinajstić information content (AvgIpc) is 3.26. The molecule has 2 aliphatic rings. The van der Waals surface area contributed by atoms with Gasteiger partial charge in [0.05, 0.1) is 0 Å². The van der Waals surface area contributed by atoms with Gasteiger partial charge in [0.25, 0.3) is 0 Å². The lowest BCUT2D eigenvalue weighted by Crippen LogP contribution is -2.46. The van der Waals surface area contributed by atoms with Gasteiger partial charge in [-0.05, 0) is 87.2 Å². The number of thiophene rings is 1. The third-order valence-electron chi connectivity index (χ3n) is 6.33. The summed E-state index contributed by atoms with van der Waals surface area (Å²) < 4.78 is 5.45. The Bertz CT molecular complexity index is 998. The monoisotopic (exact) mass is 484 g/mol. The molecule has 2 aliphatic heterocycles. The molecule has 0 bridgehead atoms. The minimum atomic E-state index is -0.514. The van der Waals surface area contributed by atoms with E-state index in [0.717, 1.165) is 44.6 Å². The van der Waals surface area contributed by atoms with Gasteiger partial charge in [0, 0.05) is 56.0 Å². The minimum Gasteiger partial charge on any atom is -0.444 e. The van der Waals surface area contributed by atoms with Crippen LogP contribution in [0.2, 0.25) is 0 Å². The number of hydrogen-bond donors (Lipinski definition) is 1. The molecule has 1 fully saturated rings. The molecule has 2 aromatic rings. The molecule has 8 heteroatoms. The minimum absolute atomic E-state index is 0.0849. The summed E-state index contributed by atoms with van der Waals surface area (Å²) >= 11 is 1.85. The van der Waals surface area contributed by atoms with E-state index < -0.39 is 5.60 Å². The zero-order valence-electron chi connectivity index (χ0n) is 20.7. The number of nitrogens with one attached hydrogen (secondary N) is 1. The molecule has 1 saturated heterocycles. The smallest absolute Gasteiger partial charge is 0.410 e. The Morgan fingerprint density at radius 1 is 1.18 bits per heavy atom. The maximum absolute atomic E-state index is 12.9. The van der Waals surface area contributed by atoms with Gasteiger partial charge in [-0.25, -0.2) is 9.59 Å². The summed E-state index contributed by atoms with van der Waals surface area (Å²) in [6.07, 6.45) is 2.69. The van der Waals surface area contributed by atoms with Crippen molar-refractivity contribution in [1.29, 1.82) is 0 Å². The Labute approximate surface area is 206 Å². The highest BCUT2D eigenvalue weighted by molar-refractivity contribution is 7.10. The van der Waals surface area contributed by atoms with Crippen molar-refractivity contribution >= 4 is 34.8 Å². The quantitative estimate of drug-likeness (QED) is 0.629. The van der Waals surface area contributed by atoms with Gasteiger partial charge in [-0.3, -0.25) is 0 Å². The SMILES string of the molecule is CN(CC1CCCN(C(=O)Nc2ccc(N3CCc4sccc4C3)cc2)C1)C(=O)OC(C)(C)C. The van der Waals surface area contributed by atoms with Crippen molar-refractivity contribution in [2.24, 2.45) is 5.92 Å². The van der Waals surface area contributed by atoms with Crippen LogP contribution in [0.1, 0.15) is 44.1 Å². The average molecular weight is 485 g/mol. The van der Waals surface area contributed by atoms with Gasteiger partial charge in [-0.15, -0.1) is 11.3 Å². The first-order valence-corrected chi connectivity index (χ1v) is 13.0. The van der Waals surface area contributed by atoms with Crippen molar-refractivity contribution in [1.82, 2.24) is 9.80 Å². The van der Waals surface area contributed by atoms with Crippen molar-refractivity contribution < 1.29 is 14.3 Å². The van der Waals surface area contributed by atoms with E-state index >= 15 is 0 Å². The molecule has 0 saturated carbocycles.